The van der Waals surface area contributed by atoms with Crippen molar-refractivity contribution in [3.05, 3.63) is 27.7 Å². The normalized spacial score (nSPS) is 11.2. The van der Waals surface area contributed by atoms with E-state index in [1.165, 1.54) is 7.11 Å². The zero-order valence-corrected chi connectivity index (χ0v) is 10.5. The maximum absolute atomic E-state index is 12.6. The number of esters is 1. The van der Waals surface area contributed by atoms with Gasteiger partial charge in [0.25, 0.3) is 0 Å². The van der Waals surface area contributed by atoms with Gasteiger partial charge in [-0.25, -0.2) is 4.79 Å². The molecule has 0 amide bonds. The van der Waals surface area contributed by atoms with Crippen LogP contribution in [0.3, 0.4) is 0 Å². The smallest absolute Gasteiger partial charge is 0.417 e. The predicted octanol–water partition coefficient (Wildman–Crippen LogP) is 3.26. The Morgan fingerprint density at radius 1 is 1.29 bits per heavy atom. The predicted molar refractivity (Wildman–Crippen MR) is 57.0 cm³/mol. The number of carbonyl (C=O) groups excluding carboxylic acids is 1. The molecular weight excluding hydrogens is 305 g/mol. The maximum atomic E-state index is 12.6. The molecule has 0 fully saturated rings. The Kier molecular flexibility index (Phi) is 4.03. The number of alkyl halides is 3. The van der Waals surface area contributed by atoms with Crippen molar-refractivity contribution in [2.45, 2.75) is 6.18 Å². The average Bonchev–Trinajstić information content (AvgIpc) is 2.25. The summed E-state index contributed by atoms with van der Waals surface area (Å²) in [6, 6.07) is 1.77. The standard InChI is InChI=1S/C10H8BrF3O3/c1-16-8-4-7(11)6(10(12,13)14)3-5(8)9(15)17-2/h3-4H,1-2H3. The fourth-order valence-electron chi connectivity index (χ4n) is 1.21. The minimum absolute atomic E-state index is 0.0109. The van der Waals surface area contributed by atoms with Crippen molar-refractivity contribution >= 4 is 21.9 Å². The summed E-state index contributed by atoms with van der Waals surface area (Å²) in [7, 11) is 2.33. The molecule has 1 aromatic rings. The lowest BCUT2D eigenvalue weighted by Gasteiger charge is -2.13. The Labute approximate surface area is 104 Å². The minimum atomic E-state index is -4.56. The van der Waals surface area contributed by atoms with Crippen molar-refractivity contribution in [2.75, 3.05) is 14.2 Å². The molecule has 0 bridgehead atoms. The molecule has 0 atom stereocenters. The van der Waals surface area contributed by atoms with Crippen LogP contribution >= 0.6 is 15.9 Å². The van der Waals surface area contributed by atoms with E-state index >= 15 is 0 Å². The van der Waals surface area contributed by atoms with Gasteiger partial charge in [0.2, 0.25) is 0 Å². The number of halogens is 4. The van der Waals surface area contributed by atoms with Crippen LogP contribution in [0.2, 0.25) is 0 Å². The van der Waals surface area contributed by atoms with Gasteiger partial charge in [-0.15, -0.1) is 0 Å². The lowest BCUT2D eigenvalue weighted by Crippen LogP contribution is -2.11. The van der Waals surface area contributed by atoms with E-state index in [4.69, 9.17) is 4.74 Å². The first kappa shape index (κ1) is 13.8. The highest BCUT2D eigenvalue weighted by Gasteiger charge is 2.35. The van der Waals surface area contributed by atoms with Crippen LogP contribution in [0.4, 0.5) is 13.2 Å². The Morgan fingerprint density at radius 3 is 2.29 bits per heavy atom. The zero-order chi connectivity index (χ0) is 13.2. The average molecular weight is 313 g/mol. The molecular formula is C10H8BrF3O3. The molecule has 0 N–H and O–H groups in total. The monoisotopic (exact) mass is 312 g/mol. The van der Waals surface area contributed by atoms with Crippen LogP contribution < -0.4 is 4.74 Å². The van der Waals surface area contributed by atoms with Gasteiger partial charge in [0.1, 0.15) is 11.3 Å². The van der Waals surface area contributed by atoms with Crippen LogP contribution in [0.25, 0.3) is 0 Å². The molecule has 0 aliphatic heterocycles. The van der Waals surface area contributed by atoms with Crippen LogP contribution in [0.5, 0.6) is 5.75 Å². The lowest BCUT2D eigenvalue weighted by atomic mass is 10.1. The molecule has 0 saturated carbocycles. The third-order valence-electron chi connectivity index (χ3n) is 2.00. The molecule has 0 radical (unpaired) electrons. The number of benzene rings is 1. The van der Waals surface area contributed by atoms with Gasteiger partial charge >= 0.3 is 12.1 Å². The van der Waals surface area contributed by atoms with Gasteiger partial charge in [-0.05, 0) is 12.1 Å². The first-order valence-corrected chi connectivity index (χ1v) is 5.13. The second-order valence-corrected chi connectivity index (χ2v) is 3.88. The molecule has 0 aliphatic rings. The van der Waals surface area contributed by atoms with Crippen LogP contribution in [-0.4, -0.2) is 20.2 Å². The topological polar surface area (TPSA) is 35.5 Å². The van der Waals surface area contributed by atoms with Gasteiger partial charge in [-0.1, -0.05) is 15.9 Å². The van der Waals surface area contributed by atoms with E-state index in [0.29, 0.717) is 6.07 Å². The van der Waals surface area contributed by atoms with E-state index < -0.39 is 17.7 Å². The molecule has 1 rings (SSSR count). The van der Waals surface area contributed by atoms with Gasteiger partial charge < -0.3 is 9.47 Å². The van der Waals surface area contributed by atoms with Crippen LogP contribution in [-0.2, 0) is 10.9 Å². The van der Waals surface area contributed by atoms with Gasteiger partial charge in [0, 0.05) is 4.47 Å². The number of methoxy groups -OCH3 is 2. The molecule has 0 aliphatic carbocycles. The third-order valence-corrected chi connectivity index (χ3v) is 2.66. The van der Waals surface area contributed by atoms with Crippen LogP contribution in [0, 0.1) is 0 Å². The first-order chi connectivity index (χ1) is 7.81. The fraction of sp³-hybridized carbons (Fsp3) is 0.300. The van der Waals surface area contributed by atoms with Crippen molar-refractivity contribution in [3.63, 3.8) is 0 Å². The van der Waals surface area contributed by atoms with E-state index in [2.05, 4.69) is 20.7 Å². The molecule has 0 saturated heterocycles. The zero-order valence-electron chi connectivity index (χ0n) is 8.89. The van der Waals surface area contributed by atoms with Crippen molar-refractivity contribution in [1.82, 2.24) is 0 Å². The Balaban J connectivity index is 3.43. The highest BCUT2D eigenvalue weighted by molar-refractivity contribution is 9.10. The van der Waals surface area contributed by atoms with Crippen molar-refractivity contribution in [2.24, 2.45) is 0 Å². The molecule has 1 aromatic carbocycles. The van der Waals surface area contributed by atoms with E-state index in [1.54, 1.807) is 0 Å². The SMILES string of the molecule is COC(=O)c1cc(C(F)(F)F)c(Br)cc1OC. The van der Waals surface area contributed by atoms with Crippen molar-refractivity contribution in [3.8, 4) is 5.75 Å². The van der Waals surface area contributed by atoms with Crippen LogP contribution in [0.1, 0.15) is 15.9 Å². The summed E-state index contributed by atoms with van der Waals surface area (Å²) in [6.45, 7) is 0. The Hall–Kier alpha value is -1.24. The summed E-state index contributed by atoms with van der Waals surface area (Å²) in [6.07, 6.45) is -4.56. The first-order valence-electron chi connectivity index (χ1n) is 4.34. The number of carbonyl (C=O) groups is 1. The largest absolute Gasteiger partial charge is 0.496 e. The van der Waals surface area contributed by atoms with E-state index in [1.807, 2.05) is 0 Å². The third kappa shape index (κ3) is 2.91. The number of rotatable bonds is 2. The fourth-order valence-corrected chi connectivity index (χ4v) is 1.76. The summed E-state index contributed by atoms with van der Waals surface area (Å²) in [5.74, 6) is -0.878. The van der Waals surface area contributed by atoms with Gasteiger partial charge in [-0.3, -0.25) is 0 Å². The summed E-state index contributed by atoms with van der Waals surface area (Å²) in [5, 5.41) is 0. The number of ether oxygens (including phenoxy) is 2. The summed E-state index contributed by atoms with van der Waals surface area (Å²) >= 11 is 2.78. The van der Waals surface area contributed by atoms with E-state index in [9.17, 15) is 18.0 Å². The Morgan fingerprint density at radius 2 is 1.88 bits per heavy atom. The lowest BCUT2D eigenvalue weighted by molar-refractivity contribution is -0.138. The summed E-state index contributed by atoms with van der Waals surface area (Å²) < 4.78 is 46.8. The Bertz CT molecular complexity index is 443. The quantitative estimate of drug-likeness (QED) is 0.786. The maximum Gasteiger partial charge on any atom is 0.417 e. The molecule has 0 spiro atoms. The summed E-state index contributed by atoms with van der Waals surface area (Å²) in [4.78, 5) is 11.3. The number of hydrogen-bond acceptors (Lipinski definition) is 3. The van der Waals surface area contributed by atoms with E-state index in [0.717, 1.165) is 13.2 Å². The molecule has 17 heavy (non-hydrogen) atoms. The minimum Gasteiger partial charge on any atom is -0.496 e. The summed E-state index contributed by atoms with van der Waals surface area (Å²) in [5.41, 5.74) is -1.23. The van der Waals surface area contributed by atoms with Gasteiger partial charge in [0.15, 0.2) is 0 Å². The van der Waals surface area contributed by atoms with Gasteiger partial charge in [-0.2, -0.15) is 13.2 Å². The molecule has 3 nitrogen and oxygen atoms in total. The highest BCUT2D eigenvalue weighted by Crippen LogP contribution is 2.38. The van der Waals surface area contributed by atoms with Gasteiger partial charge in [0.05, 0.1) is 19.8 Å². The number of hydrogen-bond donors (Lipinski definition) is 0. The van der Waals surface area contributed by atoms with Crippen molar-refractivity contribution < 1.29 is 27.4 Å². The van der Waals surface area contributed by atoms with Crippen molar-refractivity contribution in [1.29, 1.82) is 0 Å². The molecule has 0 unspecified atom stereocenters. The molecule has 0 aromatic heterocycles. The second kappa shape index (κ2) is 4.95. The second-order valence-electron chi connectivity index (χ2n) is 3.02. The molecule has 7 heteroatoms. The van der Waals surface area contributed by atoms with Crippen LogP contribution in [0.15, 0.2) is 16.6 Å². The van der Waals surface area contributed by atoms with E-state index in [-0.39, 0.29) is 15.8 Å². The highest BCUT2D eigenvalue weighted by atomic mass is 79.9. The molecule has 0 heterocycles. The molecule has 94 valence electrons.